The molecule has 0 saturated heterocycles. The quantitative estimate of drug-likeness (QED) is 0.0227. The summed E-state index contributed by atoms with van der Waals surface area (Å²) in [5, 5.41) is 69.0. The van der Waals surface area contributed by atoms with Crippen LogP contribution in [0.4, 0.5) is 5.69 Å². The molecule has 26 heteroatoms. The van der Waals surface area contributed by atoms with Crippen LogP contribution in [0.5, 0.6) is 69.0 Å². The summed E-state index contributed by atoms with van der Waals surface area (Å²) < 4.78 is 51.5. The molecule has 139 heavy (non-hydrogen) atoms. The number of anilines is 1. The molecule has 718 valence electrons. The van der Waals surface area contributed by atoms with Gasteiger partial charge in [0.2, 0.25) is 11.8 Å². The summed E-state index contributed by atoms with van der Waals surface area (Å²) in [6, 6.07) is 68.2. The zero-order chi connectivity index (χ0) is 100. The lowest BCUT2D eigenvalue weighted by molar-refractivity contribution is -0.118. The highest BCUT2D eigenvalue weighted by atomic mass is 32.2. The van der Waals surface area contributed by atoms with Gasteiger partial charge in [0.25, 0.3) is 5.91 Å². The number of carbonyl (C=O) groups excluding carboxylic acids is 3. The van der Waals surface area contributed by atoms with Crippen molar-refractivity contribution in [3.05, 3.63) is 361 Å². The third-order valence-corrected chi connectivity index (χ3v) is 24.2. The van der Waals surface area contributed by atoms with Gasteiger partial charge in [-0.25, -0.2) is 23.2 Å². The fourth-order valence-corrected chi connectivity index (χ4v) is 15.9. The third kappa shape index (κ3) is 30.4. The van der Waals surface area contributed by atoms with Crippen molar-refractivity contribution in [1.82, 2.24) is 29.6 Å². The van der Waals surface area contributed by atoms with Crippen LogP contribution < -0.4 is 44.8 Å². The van der Waals surface area contributed by atoms with E-state index in [4.69, 9.17) is 34.2 Å². The minimum Gasteiger partial charge on any atom is -0.504 e. The summed E-state index contributed by atoms with van der Waals surface area (Å²) >= 11 is 0. The number of ether oxygens (including phenoxy) is 6. The number of nitrogens with two attached hydrogens (primary N) is 1. The largest absolute Gasteiger partial charge is 0.504 e. The lowest BCUT2D eigenvalue weighted by atomic mass is 10.1. The first-order valence-corrected chi connectivity index (χ1v) is 46.3. The van der Waals surface area contributed by atoms with E-state index in [9.17, 15) is 49.2 Å². The number of amides is 3. The van der Waals surface area contributed by atoms with Gasteiger partial charge in [0.15, 0.2) is 69.0 Å². The Hall–Kier alpha value is -16.6. The standard InChI is InChI=1S/2C20H23NO3.C19H18N2O2.C19H21NO3S.C18H17N3O2.C17H17NO3/c1-13(2)21-20(23)17-9-7-15(8-10-17)5-6-16-11-14(3)19(22)18(12-16)24-4;1-13(2)20(23)21-17-9-7-15(8-10-17)5-6-16-11-14(3)19(22)18(12-16)24-4;1-14-11-16(12-18(23-2)19(14)22)4-3-15-5-7-17(8-6-15)21-10-9-20-13-21;1-14-12-16(13-18(23-2)19(14)21)5-4-15-6-8-17(9-7-15)24(22)11-3-10-20-24;1-13-9-15(10-17(23-2)18(13)22)4-3-14-5-7-16(8-6-14)21-12-19-11-20-21;1-11-9-13(10-15(21-2)16(11)19)4-3-12-5-7-14(8-6-12)17(18)20/h2*5-13,22H,1-4H3,(H,21,23);3-13,22H,1-2H3;4-9,12-13,21H,3,10-11H2,1-2H3;3-12,22H,1-2H3;3-10,19H,1-2H3,(H2,18,20)/b2*6-5+;4-3+;5-4+;2*4-3+. The van der Waals surface area contributed by atoms with Gasteiger partial charge < -0.3 is 80.0 Å². The van der Waals surface area contributed by atoms with Crippen molar-refractivity contribution in [3.8, 4) is 80.4 Å². The fourth-order valence-electron chi connectivity index (χ4n) is 13.9. The summed E-state index contributed by atoms with van der Waals surface area (Å²) in [5.74, 6) is 3.92. The number of hydrogen-bond donors (Lipinski definition) is 9. The van der Waals surface area contributed by atoms with Gasteiger partial charge in [0, 0.05) is 64.0 Å². The van der Waals surface area contributed by atoms with Crippen LogP contribution in [0.3, 0.4) is 0 Å². The van der Waals surface area contributed by atoms with Crippen LogP contribution in [-0.2, 0) is 14.5 Å². The first-order valence-electron chi connectivity index (χ1n) is 44.6. The number of nitrogens with one attached hydrogen (secondary N) is 2. The molecule has 3 heterocycles. The predicted octanol–water partition coefficient (Wildman–Crippen LogP) is 23.1. The minimum absolute atomic E-state index is 0.00459. The van der Waals surface area contributed by atoms with Gasteiger partial charge >= 0.3 is 0 Å². The summed E-state index contributed by atoms with van der Waals surface area (Å²) in [5.41, 5.74) is 25.6. The highest BCUT2D eigenvalue weighted by Gasteiger charge is 2.19. The molecule has 1 atom stereocenters. The number of phenolic OH excluding ortho intramolecular Hbond substituents is 6. The predicted molar refractivity (Wildman–Crippen MR) is 558 cm³/mol. The number of phenols is 6. The Kier molecular flexibility index (Phi) is 38.1. The van der Waals surface area contributed by atoms with Gasteiger partial charge in [0.05, 0.1) is 64.4 Å². The van der Waals surface area contributed by atoms with Crippen LogP contribution >= 0.6 is 0 Å². The molecule has 0 spiro atoms. The summed E-state index contributed by atoms with van der Waals surface area (Å²) in [6.07, 6.45) is 33.1. The van der Waals surface area contributed by atoms with Crippen molar-refractivity contribution < 1.29 is 77.7 Å². The SMILES string of the molecule is COc1cc(/C=C/c2ccc(-n3ccnc3)cc2)cc(C)c1O.COc1cc(/C=C/c2ccc(-n3cncn3)cc2)cc(C)c1O.COc1cc(/C=C/c2ccc(C(=O)NC(C)C)cc2)cc(C)c1O.COc1cc(/C=C/c2ccc(C(N)=O)cc2)cc(C)c1O.COc1cc(/C=C/c2ccc(NC(=O)C(C)C)cc2)cc(C)c1O.COc1cc(/C=C/c2ccc(S3(=O)=NCCC3)cc2)cc(C)c1O. The molecule has 0 aliphatic carbocycles. The lowest BCUT2D eigenvalue weighted by Gasteiger charge is -2.08. The Labute approximate surface area is 812 Å². The lowest BCUT2D eigenvalue weighted by Crippen LogP contribution is -2.29. The molecule has 15 rings (SSSR count). The zero-order valence-corrected chi connectivity index (χ0v) is 81.6. The van der Waals surface area contributed by atoms with E-state index in [1.165, 1.54) is 34.8 Å². The molecule has 0 bridgehead atoms. The minimum atomic E-state index is -2.18. The molecule has 14 aromatic rings. The highest BCUT2D eigenvalue weighted by Crippen LogP contribution is 2.38. The molecule has 2 aromatic heterocycles. The van der Waals surface area contributed by atoms with Crippen LogP contribution in [0.15, 0.2) is 259 Å². The Bertz CT molecular complexity index is 6700. The maximum absolute atomic E-state index is 12.6. The topological polar surface area (TPSA) is 356 Å². The maximum atomic E-state index is 12.6. The van der Waals surface area contributed by atoms with E-state index >= 15 is 0 Å². The molecule has 0 fully saturated rings. The molecule has 1 aliphatic heterocycles. The Morgan fingerprint density at radius 3 is 0.964 bits per heavy atom. The number of methoxy groups -OCH3 is 6. The van der Waals surface area contributed by atoms with Gasteiger partial charge in [-0.3, -0.25) is 14.4 Å². The number of imidazole rings is 1. The number of benzene rings is 12. The first kappa shape index (κ1) is 104. The average Bonchev–Trinajstić information content (AvgIpc) is 1.77. The Balaban J connectivity index is 0.000000172. The smallest absolute Gasteiger partial charge is 0.251 e. The molecule has 1 unspecified atom stereocenters. The second-order valence-corrected chi connectivity index (χ2v) is 35.4. The van der Waals surface area contributed by atoms with E-state index in [-0.39, 0.29) is 58.3 Å². The van der Waals surface area contributed by atoms with Crippen molar-refractivity contribution >= 4 is 106 Å². The zero-order valence-electron chi connectivity index (χ0n) is 80.8. The van der Waals surface area contributed by atoms with Gasteiger partial charge in [-0.15, -0.1) is 0 Å². The number of aryl methyl sites for hydroxylation is 6. The fraction of sp³-hybridized carbons (Fsp3) is 0.186. The van der Waals surface area contributed by atoms with Crippen molar-refractivity contribution in [2.45, 2.75) is 86.6 Å². The van der Waals surface area contributed by atoms with Crippen LogP contribution in [-0.4, -0.2) is 138 Å². The van der Waals surface area contributed by atoms with Crippen LogP contribution in [0.25, 0.3) is 84.3 Å². The number of carbonyl (C=O) groups is 3. The molecule has 0 saturated carbocycles. The number of primary amides is 1. The molecule has 1 aliphatic rings. The van der Waals surface area contributed by atoms with Crippen LogP contribution in [0.2, 0.25) is 0 Å². The second-order valence-electron chi connectivity index (χ2n) is 32.9. The molecular weight excluding hydrogens is 1770 g/mol. The summed E-state index contributed by atoms with van der Waals surface area (Å²) in [7, 11) is 7.04. The van der Waals surface area contributed by atoms with E-state index in [1.807, 2.05) is 311 Å². The van der Waals surface area contributed by atoms with Gasteiger partial charge in [-0.1, -0.05) is 160 Å². The highest BCUT2D eigenvalue weighted by molar-refractivity contribution is 7.93. The second kappa shape index (κ2) is 50.6. The van der Waals surface area contributed by atoms with E-state index in [1.54, 1.807) is 86.3 Å². The Morgan fingerprint density at radius 1 is 0.388 bits per heavy atom. The maximum Gasteiger partial charge on any atom is 0.251 e. The van der Waals surface area contributed by atoms with E-state index in [2.05, 4.69) is 42.2 Å². The molecule has 10 N–H and O–H groups in total. The first-order chi connectivity index (χ1) is 66.7. The summed E-state index contributed by atoms with van der Waals surface area (Å²) in [4.78, 5) is 43.4. The van der Waals surface area contributed by atoms with Crippen molar-refractivity contribution in [1.29, 1.82) is 0 Å². The number of rotatable bonds is 26. The van der Waals surface area contributed by atoms with Crippen LogP contribution in [0.1, 0.15) is 155 Å². The van der Waals surface area contributed by atoms with Gasteiger partial charge in [0.1, 0.15) is 12.7 Å². The van der Waals surface area contributed by atoms with Crippen molar-refractivity contribution in [2.24, 2.45) is 16.0 Å². The Morgan fingerprint density at radius 2 is 0.691 bits per heavy atom. The number of aromatic hydroxyl groups is 6. The van der Waals surface area contributed by atoms with Crippen molar-refractivity contribution in [2.75, 3.05) is 60.3 Å². The van der Waals surface area contributed by atoms with E-state index in [0.29, 0.717) is 57.9 Å². The number of aromatic nitrogens is 5. The molecule has 25 nitrogen and oxygen atoms in total. The van der Waals surface area contributed by atoms with E-state index in [0.717, 1.165) is 129 Å². The molecule has 3 amide bonds. The van der Waals surface area contributed by atoms with Crippen LogP contribution in [0, 0.1) is 47.5 Å². The molecule has 12 aromatic carbocycles. The number of nitrogens with zero attached hydrogens (tertiary/aromatic N) is 6. The third-order valence-electron chi connectivity index (χ3n) is 21.7. The summed E-state index contributed by atoms with van der Waals surface area (Å²) in [6.45, 7) is 19.3. The van der Waals surface area contributed by atoms with Gasteiger partial charge in [-0.05, 0) is 308 Å². The van der Waals surface area contributed by atoms with Crippen molar-refractivity contribution in [3.63, 3.8) is 0 Å². The number of hydrogen-bond acceptors (Lipinski definition) is 20. The average molecular weight is 1890 g/mol. The van der Waals surface area contributed by atoms with Gasteiger partial charge in [-0.2, -0.15) is 5.10 Å². The molecular formula is C113H119N9O16S. The molecule has 0 radical (unpaired) electrons. The monoisotopic (exact) mass is 1890 g/mol. The van der Waals surface area contributed by atoms with E-state index < -0.39 is 15.6 Å². The normalized spacial score (nSPS) is 12.6.